The van der Waals surface area contributed by atoms with Crippen molar-refractivity contribution in [3.05, 3.63) is 168 Å². The smallest absolute Gasteiger partial charge is 0.312 e. The zero-order valence-corrected chi connectivity index (χ0v) is 51.4. The van der Waals surface area contributed by atoms with E-state index in [2.05, 4.69) is 49.4 Å². The molecular weight excluding hydrogens is 969 g/mol. The van der Waals surface area contributed by atoms with Crippen LogP contribution in [0.15, 0.2) is 146 Å². The maximum atomic E-state index is 12.6. The van der Waals surface area contributed by atoms with Gasteiger partial charge in [0, 0.05) is 11.1 Å². The minimum absolute atomic E-state index is 0.127. The minimum Gasteiger partial charge on any atom is -0.454 e. The topological polar surface area (TPSA) is 105 Å². The van der Waals surface area contributed by atoms with Crippen molar-refractivity contribution < 1.29 is 38.1 Å². The van der Waals surface area contributed by atoms with E-state index in [-0.39, 0.29) is 23.9 Å². The van der Waals surface area contributed by atoms with Crippen LogP contribution in [-0.4, -0.2) is 23.9 Å². The lowest BCUT2D eigenvalue weighted by molar-refractivity contribution is -0.171. The van der Waals surface area contributed by atoms with Crippen molar-refractivity contribution in [2.75, 3.05) is 0 Å². The Bertz CT molecular complexity index is 2860. The van der Waals surface area contributed by atoms with Crippen molar-refractivity contribution in [1.82, 2.24) is 0 Å². The third-order valence-corrected chi connectivity index (χ3v) is 16.1. The highest BCUT2D eigenvalue weighted by atomic mass is 16.6. The van der Waals surface area contributed by atoms with Gasteiger partial charge in [-0.15, -0.1) is 0 Å². The highest BCUT2D eigenvalue weighted by molar-refractivity contribution is 5.88. The van der Waals surface area contributed by atoms with Gasteiger partial charge in [0.1, 0.15) is 22.4 Å². The molecule has 0 N–H and O–H groups in total. The molecule has 0 radical (unpaired) electrons. The Hall–Kier alpha value is -6.28. The van der Waals surface area contributed by atoms with Gasteiger partial charge in [0.2, 0.25) is 0 Å². The molecule has 2 atom stereocenters. The van der Waals surface area contributed by atoms with Crippen LogP contribution in [0.25, 0.3) is 21.5 Å². The number of benzene rings is 6. The summed E-state index contributed by atoms with van der Waals surface area (Å²) >= 11 is 0. The summed E-state index contributed by atoms with van der Waals surface area (Å²) in [5.41, 5.74) is 0.0481. The fraction of sp³-hybridized carbons (Fsp3) is 0.486. The lowest BCUT2D eigenvalue weighted by atomic mass is 9.86. The zero-order valence-electron chi connectivity index (χ0n) is 51.4. The van der Waals surface area contributed by atoms with Gasteiger partial charge in [0.25, 0.3) is 0 Å². The van der Waals surface area contributed by atoms with E-state index in [9.17, 15) is 19.2 Å². The molecule has 0 saturated heterocycles. The summed E-state index contributed by atoms with van der Waals surface area (Å²) in [5.74, 6) is -0.553. The Labute approximate surface area is 470 Å². The van der Waals surface area contributed by atoms with E-state index in [0.29, 0.717) is 0 Å². The number of rotatable bonds is 18. The molecule has 6 aromatic rings. The maximum Gasteiger partial charge on any atom is 0.312 e. The van der Waals surface area contributed by atoms with Gasteiger partial charge in [0.15, 0.2) is 0 Å². The molecule has 6 aromatic carbocycles. The van der Waals surface area contributed by atoms with E-state index < -0.39 is 44.1 Å². The molecule has 0 spiro atoms. The van der Waals surface area contributed by atoms with Gasteiger partial charge in [0.05, 0.1) is 21.7 Å². The molecule has 2 unspecified atom stereocenters. The standard InChI is InChI=1S/C20H26O2.C19H24O2.C16H24O2.C15H22O2/c1-6-19(3,4)18(21)22-20(5,7-2)17-14-10-12-15-11-8-9-13-16(15)17;1-6-18(2,3)17(20)21-19(4,5)16-13-9-11-14-10-7-8-12-15(14)16;1-6-15(3,4)14(17)18-16(5,7-2)13-11-9-8-10-12-13;1-6-14(2,3)13(16)17-15(4,5)12-10-8-7-9-11-12/h8-14H,6-7H2,1-5H3;7-13H,6H2,1-5H3;8-12H,6-7H2,1-5H3;7-11H,6H2,1-5H3. The van der Waals surface area contributed by atoms with Crippen LogP contribution < -0.4 is 0 Å². The van der Waals surface area contributed by atoms with E-state index in [1.807, 2.05) is 235 Å². The number of fused-ring (bicyclic) bond motifs is 2. The normalized spacial score (nSPS) is 13.6. The molecule has 8 nitrogen and oxygen atoms in total. The molecule has 6 rings (SSSR count). The summed E-state index contributed by atoms with van der Waals surface area (Å²) < 4.78 is 23.3. The van der Waals surface area contributed by atoms with Crippen LogP contribution >= 0.6 is 0 Å². The average Bonchev–Trinajstić information content (AvgIpc) is 3.43. The van der Waals surface area contributed by atoms with Crippen molar-refractivity contribution in [3.63, 3.8) is 0 Å². The Morgan fingerprint density at radius 2 is 0.590 bits per heavy atom. The van der Waals surface area contributed by atoms with Crippen LogP contribution in [0.2, 0.25) is 0 Å². The fourth-order valence-electron chi connectivity index (χ4n) is 7.84. The Morgan fingerprint density at radius 1 is 0.295 bits per heavy atom. The molecule has 8 heteroatoms. The number of carbonyl (C=O) groups is 4. The Balaban J connectivity index is 0.000000275. The second-order valence-electron chi connectivity index (χ2n) is 24.5. The third kappa shape index (κ3) is 17.4. The first-order valence-electron chi connectivity index (χ1n) is 28.3. The monoisotopic (exact) mass is 1060 g/mol. The number of hydrogen-bond donors (Lipinski definition) is 0. The molecule has 0 heterocycles. The van der Waals surface area contributed by atoms with Gasteiger partial charge in [-0.1, -0.05) is 187 Å². The minimum atomic E-state index is -0.648. The summed E-state index contributed by atoms with van der Waals surface area (Å²) in [6.07, 6.45) is 4.59. The molecule has 0 aromatic heterocycles. The molecule has 0 aliphatic rings. The number of hydrogen-bond acceptors (Lipinski definition) is 8. The van der Waals surface area contributed by atoms with Crippen LogP contribution in [-0.2, 0) is 60.5 Å². The maximum absolute atomic E-state index is 12.6. The van der Waals surface area contributed by atoms with Crippen LogP contribution in [0.3, 0.4) is 0 Å². The first-order chi connectivity index (χ1) is 36.3. The largest absolute Gasteiger partial charge is 0.454 e. The molecule has 0 amide bonds. The van der Waals surface area contributed by atoms with E-state index in [1.54, 1.807) is 0 Å². The number of carbonyl (C=O) groups excluding carboxylic acids is 4. The van der Waals surface area contributed by atoms with Gasteiger partial charge in [-0.2, -0.15) is 0 Å². The average molecular weight is 1070 g/mol. The summed E-state index contributed by atoms with van der Waals surface area (Å²) in [5, 5.41) is 4.61. The van der Waals surface area contributed by atoms with Crippen LogP contribution in [0.5, 0.6) is 0 Å². The molecule has 424 valence electrons. The molecular formula is C70H96O8. The third-order valence-electron chi connectivity index (χ3n) is 16.1. The van der Waals surface area contributed by atoms with E-state index in [4.69, 9.17) is 18.9 Å². The lowest BCUT2D eigenvalue weighted by Crippen LogP contribution is -2.35. The first-order valence-corrected chi connectivity index (χ1v) is 28.3. The molecule has 78 heavy (non-hydrogen) atoms. The van der Waals surface area contributed by atoms with E-state index >= 15 is 0 Å². The van der Waals surface area contributed by atoms with Gasteiger partial charge in [-0.25, -0.2) is 0 Å². The van der Waals surface area contributed by atoms with E-state index in [1.165, 1.54) is 5.39 Å². The van der Waals surface area contributed by atoms with Crippen molar-refractivity contribution in [1.29, 1.82) is 0 Å². The van der Waals surface area contributed by atoms with Gasteiger partial charge in [-0.3, -0.25) is 19.2 Å². The van der Waals surface area contributed by atoms with Crippen molar-refractivity contribution >= 4 is 45.4 Å². The molecule has 0 aliphatic carbocycles. The van der Waals surface area contributed by atoms with Gasteiger partial charge >= 0.3 is 23.9 Å². The molecule has 0 bridgehead atoms. The van der Waals surface area contributed by atoms with Crippen LogP contribution in [0, 0.1) is 21.7 Å². The highest BCUT2D eigenvalue weighted by Gasteiger charge is 2.39. The summed E-state index contributed by atoms with van der Waals surface area (Å²) in [6, 6.07) is 48.5. The SMILES string of the molecule is CCC(C)(C)C(=O)OC(C)(C)c1cccc2ccccc12.CCC(C)(C)C(=O)OC(C)(C)c1ccccc1.CCC(C)(C)C(=O)OC(C)(CC)c1cccc2ccccc12.CCC(C)(C)C(=O)OC(C)(CC)c1ccccc1. The van der Waals surface area contributed by atoms with Crippen molar-refractivity contribution in [3.8, 4) is 0 Å². The Morgan fingerprint density at radius 3 is 0.974 bits per heavy atom. The second kappa shape index (κ2) is 27.5. The van der Waals surface area contributed by atoms with Gasteiger partial charge in [-0.05, 0) is 168 Å². The zero-order chi connectivity index (χ0) is 59.0. The summed E-state index contributed by atoms with van der Waals surface area (Å²) in [7, 11) is 0. The first kappa shape index (κ1) is 66.0. The van der Waals surface area contributed by atoms with Gasteiger partial charge < -0.3 is 18.9 Å². The predicted octanol–water partition coefficient (Wildman–Crippen LogP) is 18.7. The molecule has 0 aliphatic heterocycles. The number of esters is 4. The fourth-order valence-corrected chi connectivity index (χ4v) is 7.84. The highest BCUT2D eigenvalue weighted by Crippen LogP contribution is 2.39. The van der Waals surface area contributed by atoms with Crippen LogP contribution in [0.4, 0.5) is 0 Å². The summed E-state index contributed by atoms with van der Waals surface area (Å²) in [4.78, 5) is 49.2. The number of ether oxygens (including phenoxy) is 4. The van der Waals surface area contributed by atoms with Crippen LogP contribution in [0.1, 0.15) is 199 Å². The van der Waals surface area contributed by atoms with Crippen molar-refractivity contribution in [2.45, 2.75) is 199 Å². The summed E-state index contributed by atoms with van der Waals surface area (Å²) in [6.45, 7) is 39.3. The predicted molar refractivity (Wildman–Crippen MR) is 323 cm³/mol. The quantitative estimate of drug-likeness (QED) is 0.0619. The lowest BCUT2D eigenvalue weighted by Gasteiger charge is -2.34. The molecule has 0 saturated carbocycles. The van der Waals surface area contributed by atoms with Crippen molar-refractivity contribution in [2.24, 2.45) is 21.7 Å². The molecule has 0 fully saturated rings. The second-order valence-corrected chi connectivity index (χ2v) is 24.5. The van der Waals surface area contributed by atoms with E-state index in [0.717, 1.165) is 76.9 Å². The Kier molecular flexibility index (Phi) is 23.3.